The number of hydrogen-bond acceptors (Lipinski definition) is 5. The van der Waals surface area contributed by atoms with Crippen LogP contribution in [0.5, 0.6) is 0 Å². The zero-order valence-electron chi connectivity index (χ0n) is 17.5. The molecular formula is C22H25N3O4S. The standard InChI is InChI=1S/C22H25N3O4S/c1-13-12-14(2)16(4)21(15(13)3)30(28,29)25-20(26)11-7-10-19-23-18-9-6-5-8-17(18)22(27)24-19/h5-6,8-9,12H,7,10-11H2,1-4H3,(H,25,26)(H,23,24,27). The first-order chi connectivity index (χ1) is 14.1. The Morgan fingerprint density at radius 2 is 1.70 bits per heavy atom. The van der Waals surface area contributed by atoms with Crippen LogP contribution in [0.15, 0.2) is 40.0 Å². The van der Waals surface area contributed by atoms with Gasteiger partial charge >= 0.3 is 0 Å². The van der Waals surface area contributed by atoms with Crippen molar-refractivity contribution in [3.8, 4) is 0 Å². The third-order valence-electron chi connectivity index (χ3n) is 5.29. The number of nitrogens with zero attached hydrogens (tertiary/aromatic N) is 1. The van der Waals surface area contributed by atoms with Crippen molar-refractivity contribution in [1.29, 1.82) is 0 Å². The predicted molar refractivity (Wildman–Crippen MR) is 116 cm³/mol. The lowest BCUT2D eigenvalue weighted by Gasteiger charge is -2.16. The number of para-hydroxylation sites is 1. The van der Waals surface area contributed by atoms with Crippen LogP contribution in [0.25, 0.3) is 10.9 Å². The maximum Gasteiger partial charge on any atom is 0.264 e. The monoisotopic (exact) mass is 427 g/mol. The van der Waals surface area contributed by atoms with Gasteiger partial charge in [-0.25, -0.2) is 18.1 Å². The molecule has 0 saturated heterocycles. The number of amides is 1. The molecule has 30 heavy (non-hydrogen) atoms. The van der Waals surface area contributed by atoms with Crippen molar-refractivity contribution >= 4 is 26.8 Å². The van der Waals surface area contributed by atoms with Crippen LogP contribution in [0.4, 0.5) is 0 Å². The Morgan fingerprint density at radius 3 is 2.37 bits per heavy atom. The lowest BCUT2D eigenvalue weighted by Crippen LogP contribution is -2.31. The number of hydrogen-bond donors (Lipinski definition) is 2. The Balaban J connectivity index is 1.69. The molecule has 3 aromatic rings. The van der Waals surface area contributed by atoms with Gasteiger partial charge in [0.05, 0.1) is 15.8 Å². The molecule has 0 fully saturated rings. The van der Waals surface area contributed by atoms with E-state index < -0.39 is 15.9 Å². The van der Waals surface area contributed by atoms with Gasteiger partial charge in [0, 0.05) is 12.8 Å². The summed E-state index contributed by atoms with van der Waals surface area (Å²) in [5.74, 6) is -0.119. The highest BCUT2D eigenvalue weighted by atomic mass is 32.2. The number of nitrogens with one attached hydrogen (secondary N) is 2. The molecule has 0 radical (unpaired) electrons. The average molecular weight is 428 g/mol. The SMILES string of the molecule is Cc1cc(C)c(C)c(S(=O)(=O)NC(=O)CCCc2nc3ccccc3c(=O)[nH]2)c1C. The molecule has 8 heteroatoms. The van der Waals surface area contributed by atoms with Crippen molar-refractivity contribution < 1.29 is 13.2 Å². The minimum absolute atomic E-state index is 0.00133. The first-order valence-electron chi connectivity index (χ1n) is 9.71. The number of fused-ring (bicyclic) bond motifs is 1. The Bertz CT molecular complexity index is 1270. The van der Waals surface area contributed by atoms with E-state index in [1.807, 2.05) is 19.9 Å². The minimum atomic E-state index is -3.97. The first kappa shape index (κ1) is 21.7. The molecule has 1 amide bonds. The number of aromatic amines is 1. The van der Waals surface area contributed by atoms with Gasteiger partial charge in [0.2, 0.25) is 5.91 Å². The van der Waals surface area contributed by atoms with E-state index in [2.05, 4.69) is 14.7 Å². The van der Waals surface area contributed by atoms with Crippen molar-refractivity contribution in [2.24, 2.45) is 0 Å². The second kappa shape index (κ2) is 8.39. The predicted octanol–water partition coefficient (Wildman–Crippen LogP) is 2.98. The van der Waals surface area contributed by atoms with E-state index in [1.165, 1.54) is 0 Å². The van der Waals surface area contributed by atoms with Gasteiger partial charge in [-0.1, -0.05) is 18.2 Å². The smallest absolute Gasteiger partial charge is 0.264 e. The summed E-state index contributed by atoms with van der Waals surface area (Å²) < 4.78 is 27.8. The second-order valence-corrected chi connectivity index (χ2v) is 9.12. The van der Waals surface area contributed by atoms with Crippen LogP contribution in [0.1, 0.15) is 40.9 Å². The van der Waals surface area contributed by atoms with Gasteiger partial charge in [0.25, 0.3) is 15.6 Å². The van der Waals surface area contributed by atoms with E-state index in [0.717, 1.165) is 11.1 Å². The fourth-order valence-corrected chi connectivity index (χ4v) is 5.14. The molecule has 7 nitrogen and oxygen atoms in total. The number of benzene rings is 2. The van der Waals surface area contributed by atoms with E-state index in [1.54, 1.807) is 38.1 Å². The van der Waals surface area contributed by atoms with Crippen molar-refractivity contribution in [3.63, 3.8) is 0 Å². The third-order valence-corrected chi connectivity index (χ3v) is 6.94. The number of rotatable bonds is 6. The molecular weight excluding hydrogens is 402 g/mol. The van der Waals surface area contributed by atoms with Crippen LogP contribution in [-0.4, -0.2) is 24.3 Å². The first-order valence-corrected chi connectivity index (χ1v) is 11.2. The van der Waals surface area contributed by atoms with Gasteiger partial charge in [-0.3, -0.25) is 9.59 Å². The molecule has 0 spiro atoms. The fraction of sp³-hybridized carbons (Fsp3) is 0.318. The van der Waals surface area contributed by atoms with Crippen molar-refractivity contribution in [1.82, 2.24) is 14.7 Å². The van der Waals surface area contributed by atoms with E-state index in [0.29, 0.717) is 40.7 Å². The maximum absolute atomic E-state index is 12.8. The zero-order valence-corrected chi connectivity index (χ0v) is 18.3. The molecule has 1 heterocycles. The van der Waals surface area contributed by atoms with Gasteiger partial charge in [-0.2, -0.15) is 0 Å². The summed E-state index contributed by atoms with van der Waals surface area (Å²) in [6.45, 7) is 7.17. The van der Waals surface area contributed by atoms with Crippen molar-refractivity contribution in [2.45, 2.75) is 51.9 Å². The number of carbonyl (C=O) groups excluding carboxylic acids is 1. The highest BCUT2D eigenvalue weighted by molar-refractivity contribution is 7.90. The van der Waals surface area contributed by atoms with Gasteiger partial charge in [-0.05, 0) is 68.5 Å². The quantitative estimate of drug-likeness (QED) is 0.629. The third kappa shape index (κ3) is 4.43. The molecule has 0 atom stereocenters. The summed E-state index contributed by atoms with van der Waals surface area (Å²) in [4.78, 5) is 31.7. The van der Waals surface area contributed by atoms with Crippen LogP contribution >= 0.6 is 0 Å². The molecule has 2 aromatic carbocycles. The Hall–Kier alpha value is -3.00. The number of H-pyrrole nitrogens is 1. The lowest BCUT2D eigenvalue weighted by molar-refractivity contribution is -0.119. The molecule has 3 rings (SSSR count). The van der Waals surface area contributed by atoms with Crippen LogP contribution in [0.3, 0.4) is 0 Å². The molecule has 1 aromatic heterocycles. The molecule has 0 saturated carbocycles. The van der Waals surface area contributed by atoms with Gasteiger partial charge in [0.1, 0.15) is 5.82 Å². The number of sulfonamides is 1. The van der Waals surface area contributed by atoms with Crippen LogP contribution < -0.4 is 10.3 Å². The van der Waals surface area contributed by atoms with Gasteiger partial charge in [0.15, 0.2) is 0 Å². The summed E-state index contributed by atoms with van der Waals surface area (Å²) in [7, 11) is -3.97. The molecule has 0 aliphatic heterocycles. The molecule has 0 aliphatic carbocycles. The maximum atomic E-state index is 12.8. The summed E-state index contributed by atoms with van der Waals surface area (Å²) in [6.07, 6.45) is 0.710. The fourth-order valence-electron chi connectivity index (χ4n) is 3.51. The van der Waals surface area contributed by atoms with E-state index in [-0.39, 0.29) is 16.9 Å². The zero-order chi connectivity index (χ0) is 22.1. The summed E-state index contributed by atoms with van der Waals surface area (Å²) in [5, 5.41) is 0.504. The normalized spacial score (nSPS) is 11.6. The van der Waals surface area contributed by atoms with Crippen molar-refractivity contribution in [3.05, 3.63) is 68.8 Å². The van der Waals surface area contributed by atoms with Crippen LogP contribution in [0, 0.1) is 27.7 Å². The van der Waals surface area contributed by atoms with E-state index >= 15 is 0 Å². The number of carbonyl (C=O) groups is 1. The highest BCUT2D eigenvalue weighted by Crippen LogP contribution is 2.26. The van der Waals surface area contributed by atoms with Gasteiger partial charge in [-0.15, -0.1) is 0 Å². The molecule has 0 aliphatic rings. The summed E-state index contributed by atoms with van der Waals surface area (Å²) >= 11 is 0. The molecule has 158 valence electrons. The largest absolute Gasteiger partial charge is 0.310 e. The average Bonchev–Trinajstić information content (AvgIpc) is 2.66. The Morgan fingerprint density at radius 1 is 1.07 bits per heavy atom. The van der Waals surface area contributed by atoms with Crippen molar-refractivity contribution in [2.75, 3.05) is 0 Å². The van der Waals surface area contributed by atoms with E-state index in [4.69, 9.17) is 0 Å². The molecule has 0 bridgehead atoms. The Kier molecular flexibility index (Phi) is 6.07. The second-order valence-electron chi connectivity index (χ2n) is 7.50. The molecule has 2 N–H and O–H groups in total. The summed E-state index contributed by atoms with van der Waals surface area (Å²) in [6, 6.07) is 8.95. The Labute approximate surface area is 175 Å². The number of aryl methyl sites for hydroxylation is 3. The molecule has 0 unspecified atom stereocenters. The summed E-state index contributed by atoms with van der Waals surface area (Å²) in [5.41, 5.74) is 3.34. The van der Waals surface area contributed by atoms with E-state index in [9.17, 15) is 18.0 Å². The highest BCUT2D eigenvalue weighted by Gasteiger charge is 2.24. The van der Waals surface area contributed by atoms with Crippen LogP contribution in [0.2, 0.25) is 0 Å². The topological polar surface area (TPSA) is 109 Å². The minimum Gasteiger partial charge on any atom is -0.310 e. The van der Waals surface area contributed by atoms with Gasteiger partial charge < -0.3 is 4.98 Å². The number of aromatic nitrogens is 2. The lowest BCUT2D eigenvalue weighted by atomic mass is 10.0. The van der Waals surface area contributed by atoms with Crippen LogP contribution in [-0.2, 0) is 21.2 Å².